The number of alkyl halides is 3. The number of aryl methyl sites for hydroxylation is 1. The predicted molar refractivity (Wildman–Crippen MR) is 95.6 cm³/mol. The molecule has 0 atom stereocenters. The molecule has 1 heterocycles. The van der Waals surface area contributed by atoms with Crippen LogP contribution in [0.5, 0.6) is 0 Å². The molecule has 1 aromatic heterocycles. The Labute approximate surface area is 155 Å². The van der Waals surface area contributed by atoms with Gasteiger partial charge in [0.25, 0.3) is 0 Å². The normalized spacial score (nSPS) is 14.2. The van der Waals surface area contributed by atoms with Crippen molar-refractivity contribution in [2.45, 2.75) is 36.8 Å². The monoisotopic (exact) mass is 403 g/mol. The van der Waals surface area contributed by atoms with E-state index in [1.54, 1.807) is 25.1 Å². The van der Waals surface area contributed by atoms with Crippen LogP contribution in [0.25, 0.3) is 0 Å². The van der Waals surface area contributed by atoms with Crippen molar-refractivity contribution < 1.29 is 18.0 Å². The first-order chi connectivity index (χ1) is 12.3. The van der Waals surface area contributed by atoms with Crippen molar-refractivity contribution in [1.82, 2.24) is 15.6 Å². The molecule has 3 N–H and O–H groups in total. The molecule has 3 rings (SSSR count). The molecule has 0 spiro atoms. The summed E-state index contributed by atoms with van der Waals surface area (Å²) in [5.41, 5.74) is 6.21. The first kappa shape index (κ1) is 18.8. The number of nitrogens with zero attached hydrogens (tertiary/aromatic N) is 2. The van der Waals surface area contributed by atoms with Crippen LogP contribution < -0.4 is 16.2 Å². The summed E-state index contributed by atoms with van der Waals surface area (Å²) in [5.74, 6) is -0.559. The van der Waals surface area contributed by atoms with Crippen LogP contribution in [0.4, 0.5) is 28.8 Å². The summed E-state index contributed by atoms with van der Waals surface area (Å²) in [6.45, 7) is 1.79. The highest BCUT2D eigenvalue weighted by molar-refractivity contribution is 7.99. The molecule has 2 aromatic rings. The zero-order chi connectivity index (χ0) is 18.7. The van der Waals surface area contributed by atoms with E-state index in [-0.39, 0.29) is 0 Å². The lowest BCUT2D eigenvalue weighted by Gasteiger charge is -2.13. The number of aromatic nitrogens is 2. The zero-order valence-corrected chi connectivity index (χ0v) is 15.3. The van der Waals surface area contributed by atoms with Gasteiger partial charge in [-0.15, -0.1) is 22.0 Å². The number of carbonyl (C=O) groups excluding carboxylic acids is 1. The van der Waals surface area contributed by atoms with Crippen LogP contribution in [-0.2, 0) is 0 Å². The van der Waals surface area contributed by atoms with Gasteiger partial charge in [-0.2, -0.15) is 13.2 Å². The number of halogens is 3. The molecular formula is C15H16F3N5OS2. The van der Waals surface area contributed by atoms with Crippen LogP contribution in [-0.4, -0.2) is 28.2 Å². The number of hydrogen-bond donors (Lipinski definition) is 3. The molecule has 1 aliphatic carbocycles. The van der Waals surface area contributed by atoms with E-state index in [0.29, 0.717) is 33.4 Å². The van der Waals surface area contributed by atoms with Gasteiger partial charge >= 0.3 is 12.2 Å². The Hall–Kier alpha value is -2.01. The van der Waals surface area contributed by atoms with Crippen LogP contribution in [0.2, 0.25) is 0 Å². The summed E-state index contributed by atoms with van der Waals surface area (Å²) in [7, 11) is 0. The van der Waals surface area contributed by atoms with Crippen LogP contribution in [0.1, 0.15) is 29.3 Å². The Balaban J connectivity index is 1.57. The van der Waals surface area contributed by atoms with E-state index in [0.717, 1.165) is 23.4 Å². The van der Waals surface area contributed by atoms with Crippen molar-refractivity contribution in [3.63, 3.8) is 0 Å². The minimum absolute atomic E-state index is 0.314. The number of amides is 2. The quantitative estimate of drug-likeness (QED) is 0.488. The van der Waals surface area contributed by atoms with Gasteiger partial charge < -0.3 is 5.32 Å². The molecule has 1 saturated carbocycles. The molecule has 0 unspecified atom stereocenters. The third-order valence-electron chi connectivity index (χ3n) is 3.42. The number of rotatable bonds is 6. The predicted octanol–water partition coefficient (Wildman–Crippen LogP) is 4.53. The smallest absolute Gasteiger partial charge is 0.305 e. The molecule has 1 aromatic carbocycles. The van der Waals surface area contributed by atoms with E-state index < -0.39 is 18.0 Å². The van der Waals surface area contributed by atoms with Gasteiger partial charge in [-0.1, -0.05) is 17.4 Å². The maximum Gasteiger partial charge on any atom is 0.398 e. The summed E-state index contributed by atoms with van der Waals surface area (Å²) >= 11 is 1.99. The highest BCUT2D eigenvalue weighted by Crippen LogP contribution is 2.41. The topological polar surface area (TPSA) is 78.9 Å². The number of carbonyl (C=O) groups is 1. The lowest BCUT2D eigenvalue weighted by molar-refractivity contribution is -0.105. The lowest BCUT2D eigenvalue weighted by atomic mass is 10.2. The van der Waals surface area contributed by atoms with Crippen molar-refractivity contribution in [1.29, 1.82) is 0 Å². The Morgan fingerprint density at radius 3 is 2.81 bits per heavy atom. The third-order valence-corrected chi connectivity index (χ3v) is 5.56. The van der Waals surface area contributed by atoms with Crippen LogP contribution in [0, 0.1) is 6.92 Å². The molecule has 1 aliphatic rings. The van der Waals surface area contributed by atoms with Crippen molar-refractivity contribution in [2.75, 3.05) is 16.5 Å². The fourth-order valence-electron chi connectivity index (χ4n) is 2.07. The summed E-state index contributed by atoms with van der Waals surface area (Å²) in [5, 5.41) is 11.9. The van der Waals surface area contributed by atoms with E-state index in [4.69, 9.17) is 0 Å². The molecular weight excluding hydrogens is 387 g/mol. The van der Waals surface area contributed by atoms with Crippen molar-refractivity contribution in [3.8, 4) is 0 Å². The Kier molecular flexibility index (Phi) is 5.56. The maximum absolute atomic E-state index is 12.4. The molecule has 0 saturated heterocycles. The number of thioether (sulfide) groups is 1. The average molecular weight is 403 g/mol. The van der Waals surface area contributed by atoms with E-state index in [1.165, 1.54) is 11.3 Å². The van der Waals surface area contributed by atoms with Gasteiger partial charge in [0.2, 0.25) is 5.13 Å². The maximum atomic E-state index is 12.4. The van der Waals surface area contributed by atoms with Gasteiger partial charge in [-0.25, -0.2) is 10.2 Å². The standard InChI is InChI=1S/C15H16F3N5OS2/c1-8-2-5-11(25-7-15(16,17)18)10(6-8)19-13(24)21-23-14-22-20-12(26-14)9-3-4-9/h2,5-6,9H,3-4,7H2,1H3,(H,22,23)(H2,19,21,24). The van der Waals surface area contributed by atoms with Crippen LogP contribution >= 0.6 is 23.1 Å². The number of benzene rings is 1. The van der Waals surface area contributed by atoms with Gasteiger partial charge in [0, 0.05) is 10.8 Å². The molecule has 6 nitrogen and oxygen atoms in total. The van der Waals surface area contributed by atoms with Crippen molar-refractivity contribution >= 4 is 39.9 Å². The van der Waals surface area contributed by atoms with Gasteiger partial charge in [0.15, 0.2) is 0 Å². The Morgan fingerprint density at radius 2 is 2.12 bits per heavy atom. The second-order valence-corrected chi connectivity index (χ2v) is 7.85. The Bertz CT molecular complexity index is 792. The first-order valence-electron chi connectivity index (χ1n) is 7.77. The summed E-state index contributed by atoms with van der Waals surface area (Å²) in [4.78, 5) is 12.4. The van der Waals surface area contributed by atoms with Gasteiger partial charge in [0.1, 0.15) is 5.01 Å². The number of hydrogen-bond acceptors (Lipinski definition) is 6. The number of nitrogens with one attached hydrogen (secondary N) is 3. The lowest BCUT2D eigenvalue weighted by Crippen LogP contribution is -2.33. The Morgan fingerprint density at radius 1 is 1.35 bits per heavy atom. The molecule has 0 radical (unpaired) electrons. The highest BCUT2D eigenvalue weighted by Gasteiger charge is 2.28. The van der Waals surface area contributed by atoms with Crippen molar-refractivity contribution in [2.24, 2.45) is 0 Å². The van der Waals surface area contributed by atoms with Gasteiger partial charge in [0.05, 0.1) is 11.4 Å². The fraction of sp³-hybridized carbons (Fsp3) is 0.400. The van der Waals surface area contributed by atoms with Crippen LogP contribution in [0.15, 0.2) is 23.1 Å². The van der Waals surface area contributed by atoms with Gasteiger partial charge in [-0.05, 0) is 37.5 Å². The van der Waals surface area contributed by atoms with E-state index >= 15 is 0 Å². The van der Waals surface area contributed by atoms with Gasteiger partial charge in [-0.3, -0.25) is 5.43 Å². The molecule has 0 aliphatic heterocycles. The average Bonchev–Trinajstić information content (AvgIpc) is 3.30. The second kappa shape index (κ2) is 7.70. The number of urea groups is 1. The first-order valence-corrected chi connectivity index (χ1v) is 9.57. The number of hydrazine groups is 1. The van der Waals surface area contributed by atoms with E-state index in [2.05, 4.69) is 26.4 Å². The minimum Gasteiger partial charge on any atom is -0.305 e. The molecule has 0 bridgehead atoms. The molecule has 1 fully saturated rings. The molecule has 2 amide bonds. The summed E-state index contributed by atoms with van der Waals surface area (Å²) in [6, 6.07) is 4.27. The molecule has 11 heteroatoms. The molecule has 140 valence electrons. The number of anilines is 2. The zero-order valence-electron chi connectivity index (χ0n) is 13.7. The third kappa shape index (κ3) is 5.49. The summed E-state index contributed by atoms with van der Waals surface area (Å²) in [6.07, 6.45) is -2.07. The largest absolute Gasteiger partial charge is 0.398 e. The van der Waals surface area contributed by atoms with E-state index in [9.17, 15) is 18.0 Å². The fourth-order valence-corrected chi connectivity index (χ4v) is 3.69. The van der Waals surface area contributed by atoms with Crippen molar-refractivity contribution in [3.05, 3.63) is 28.8 Å². The SMILES string of the molecule is Cc1ccc(SCC(F)(F)F)c(NC(=O)NNc2nnc(C3CC3)s2)c1. The second-order valence-electron chi connectivity index (χ2n) is 5.83. The van der Waals surface area contributed by atoms with Crippen LogP contribution in [0.3, 0.4) is 0 Å². The molecule has 26 heavy (non-hydrogen) atoms. The summed E-state index contributed by atoms with van der Waals surface area (Å²) < 4.78 is 37.3. The minimum atomic E-state index is -4.28. The van der Waals surface area contributed by atoms with E-state index in [1.807, 2.05) is 0 Å². The highest BCUT2D eigenvalue weighted by atomic mass is 32.2.